The summed E-state index contributed by atoms with van der Waals surface area (Å²) < 4.78 is 10.0. The number of morpholine rings is 1. The summed E-state index contributed by atoms with van der Waals surface area (Å²) in [4.78, 5) is 24.9. The van der Waals surface area contributed by atoms with Gasteiger partial charge in [-0.3, -0.25) is 4.79 Å². The van der Waals surface area contributed by atoms with Crippen molar-refractivity contribution in [3.8, 4) is 0 Å². The maximum Gasteiger partial charge on any atom is 0.330 e. The van der Waals surface area contributed by atoms with Crippen LogP contribution in [0.1, 0.15) is 10.5 Å². The predicted molar refractivity (Wildman–Crippen MR) is 69.4 cm³/mol. The molecule has 0 radical (unpaired) electrons. The molecule has 8 heteroatoms. The molecule has 0 spiro atoms. The SMILES string of the molecule is CNC(=O)c1ccc(N2CCOCC2C(=O)OC)nn1. The number of hydrogen-bond donors (Lipinski definition) is 1. The van der Waals surface area contributed by atoms with Crippen LogP contribution in [0.3, 0.4) is 0 Å². The molecule has 1 aromatic heterocycles. The predicted octanol–water partition coefficient (Wildman–Crippen LogP) is -0.786. The molecule has 1 aliphatic heterocycles. The van der Waals surface area contributed by atoms with Crippen molar-refractivity contribution < 1.29 is 19.1 Å². The molecular weight excluding hydrogens is 264 g/mol. The van der Waals surface area contributed by atoms with Crippen molar-refractivity contribution >= 4 is 17.7 Å². The highest BCUT2D eigenvalue weighted by Crippen LogP contribution is 2.17. The van der Waals surface area contributed by atoms with Gasteiger partial charge in [-0.1, -0.05) is 0 Å². The number of ether oxygens (including phenoxy) is 2. The fourth-order valence-corrected chi connectivity index (χ4v) is 1.94. The molecule has 1 amide bonds. The second kappa shape index (κ2) is 6.29. The fourth-order valence-electron chi connectivity index (χ4n) is 1.94. The fraction of sp³-hybridized carbons (Fsp3) is 0.500. The minimum atomic E-state index is -0.547. The molecular formula is C12H16N4O4. The van der Waals surface area contributed by atoms with Gasteiger partial charge in [-0.2, -0.15) is 0 Å². The Balaban J connectivity index is 2.20. The zero-order chi connectivity index (χ0) is 14.5. The minimum absolute atomic E-state index is 0.221. The first kappa shape index (κ1) is 14.2. The summed E-state index contributed by atoms with van der Waals surface area (Å²) in [5.74, 6) is -0.186. The molecule has 8 nitrogen and oxygen atoms in total. The molecule has 0 saturated carbocycles. The molecule has 1 atom stereocenters. The first-order chi connectivity index (χ1) is 9.67. The van der Waals surface area contributed by atoms with Crippen molar-refractivity contribution in [1.82, 2.24) is 15.5 Å². The molecule has 0 bridgehead atoms. The van der Waals surface area contributed by atoms with Crippen LogP contribution >= 0.6 is 0 Å². The van der Waals surface area contributed by atoms with Crippen molar-refractivity contribution in [3.05, 3.63) is 17.8 Å². The zero-order valence-corrected chi connectivity index (χ0v) is 11.3. The lowest BCUT2D eigenvalue weighted by Crippen LogP contribution is -2.51. The normalized spacial score (nSPS) is 18.5. The Hall–Kier alpha value is -2.22. The molecule has 20 heavy (non-hydrogen) atoms. The van der Waals surface area contributed by atoms with E-state index in [-0.39, 0.29) is 24.2 Å². The summed E-state index contributed by atoms with van der Waals surface area (Å²) in [6.45, 7) is 1.24. The quantitative estimate of drug-likeness (QED) is 0.725. The van der Waals surface area contributed by atoms with Crippen LogP contribution in [0.15, 0.2) is 12.1 Å². The number of aromatic nitrogens is 2. The number of carbonyl (C=O) groups excluding carboxylic acids is 2. The van der Waals surface area contributed by atoms with E-state index in [4.69, 9.17) is 9.47 Å². The third-order valence-electron chi connectivity index (χ3n) is 3.01. The number of carbonyl (C=O) groups is 2. The molecule has 1 saturated heterocycles. The van der Waals surface area contributed by atoms with Crippen molar-refractivity contribution in [2.24, 2.45) is 0 Å². The average Bonchev–Trinajstić information content (AvgIpc) is 2.53. The van der Waals surface area contributed by atoms with Crippen LogP contribution in [0.5, 0.6) is 0 Å². The highest BCUT2D eigenvalue weighted by Gasteiger charge is 2.31. The smallest absolute Gasteiger partial charge is 0.330 e. The van der Waals surface area contributed by atoms with Crippen molar-refractivity contribution in [3.63, 3.8) is 0 Å². The van der Waals surface area contributed by atoms with E-state index < -0.39 is 6.04 Å². The van der Waals surface area contributed by atoms with E-state index in [9.17, 15) is 9.59 Å². The van der Waals surface area contributed by atoms with Crippen molar-refractivity contribution in [2.75, 3.05) is 38.8 Å². The minimum Gasteiger partial charge on any atom is -0.467 e. The Morgan fingerprint density at radius 1 is 1.45 bits per heavy atom. The third kappa shape index (κ3) is 2.85. The van der Waals surface area contributed by atoms with Gasteiger partial charge in [0.1, 0.15) is 0 Å². The summed E-state index contributed by atoms with van der Waals surface area (Å²) >= 11 is 0. The molecule has 1 aliphatic rings. The number of esters is 1. The van der Waals surface area contributed by atoms with Crippen molar-refractivity contribution in [2.45, 2.75) is 6.04 Å². The molecule has 2 heterocycles. The largest absolute Gasteiger partial charge is 0.467 e. The van der Waals surface area contributed by atoms with Crippen LogP contribution < -0.4 is 10.2 Å². The summed E-state index contributed by atoms with van der Waals surface area (Å²) in [7, 11) is 2.85. The number of amides is 1. The number of hydrogen-bond acceptors (Lipinski definition) is 7. The molecule has 0 aromatic carbocycles. The van der Waals surface area contributed by atoms with Crippen LogP contribution in [0.2, 0.25) is 0 Å². The number of anilines is 1. The summed E-state index contributed by atoms with van der Waals surface area (Å²) in [6, 6.07) is 2.66. The second-order valence-electron chi connectivity index (χ2n) is 4.16. The Bertz CT molecular complexity index is 491. The molecule has 108 valence electrons. The number of nitrogens with zero attached hydrogens (tertiary/aromatic N) is 3. The van der Waals surface area contributed by atoms with Gasteiger partial charge in [-0.25, -0.2) is 4.79 Å². The van der Waals surface area contributed by atoms with Crippen LogP contribution in [-0.2, 0) is 14.3 Å². The highest BCUT2D eigenvalue weighted by molar-refractivity contribution is 5.92. The van der Waals surface area contributed by atoms with E-state index in [1.807, 2.05) is 0 Å². The maximum atomic E-state index is 11.7. The van der Waals surface area contributed by atoms with E-state index in [0.29, 0.717) is 19.0 Å². The van der Waals surface area contributed by atoms with Gasteiger partial charge in [0.05, 0.1) is 20.3 Å². The maximum absolute atomic E-state index is 11.7. The monoisotopic (exact) mass is 280 g/mol. The van der Waals surface area contributed by atoms with Gasteiger partial charge in [0.2, 0.25) is 0 Å². The lowest BCUT2D eigenvalue weighted by atomic mass is 10.2. The number of nitrogens with one attached hydrogen (secondary N) is 1. The average molecular weight is 280 g/mol. The second-order valence-corrected chi connectivity index (χ2v) is 4.16. The molecule has 1 unspecified atom stereocenters. The molecule has 1 fully saturated rings. The lowest BCUT2D eigenvalue weighted by Gasteiger charge is -2.34. The van der Waals surface area contributed by atoms with E-state index in [1.165, 1.54) is 14.2 Å². The standard InChI is InChI=1S/C12H16N4O4/c1-13-11(17)8-3-4-10(15-14-8)16-5-6-20-7-9(16)12(18)19-2/h3-4,9H,5-7H2,1-2H3,(H,13,17). The molecule has 1 aromatic rings. The van der Waals surface area contributed by atoms with Gasteiger partial charge in [0, 0.05) is 13.6 Å². The van der Waals surface area contributed by atoms with Gasteiger partial charge in [-0.15, -0.1) is 10.2 Å². The third-order valence-corrected chi connectivity index (χ3v) is 3.01. The van der Waals surface area contributed by atoms with Gasteiger partial charge >= 0.3 is 5.97 Å². The van der Waals surface area contributed by atoms with Crippen molar-refractivity contribution in [1.29, 1.82) is 0 Å². The topological polar surface area (TPSA) is 93.7 Å². The van der Waals surface area contributed by atoms with Crippen LogP contribution in [0.4, 0.5) is 5.82 Å². The first-order valence-corrected chi connectivity index (χ1v) is 6.15. The van der Waals surface area contributed by atoms with Gasteiger partial charge in [-0.05, 0) is 12.1 Å². The van der Waals surface area contributed by atoms with E-state index in [1.54, 1.807) is 17.0 Å². The summed E-state index contributed by atoms with van der Waals surface area (Å²) in [6.07, 6.45) is 0. The van der Waals surface area contributed by atoms with Crippen LogP contribution in [-0.4, -0.2) is 62.0 Å². The first-order valence-electron chi connectivity index (χ1n) is 6.15. The molecule has 0 aliphatic carbocycles. The number of rotatable bonds is 3. The Labute approximate surface area is 116 Å². The number of methoxy groups -OCH3 is 1. The van der Waals surface area contributed by atoms with E-state index in [2.05, 4.69) is 15.5 Å². The molecule has 1 N–H and O–H groups in total. The van der Waals surface area contributed by atoms with E-state index in [0.717, 1.165) is 0 Å². The summed E-state index contributed by atoms with van der Waals surface area (Å²) in [5, 5.41) is 10.3. The Kier molecular flexibility index (Phi) is 4.46. The van der Waals surface area contributed by atoms with E-state index >= 15 is 0 Å². The van der Waals surface area contributed by atoms with Crippen LogP contribution in [0, 0.1) is 0 Å². The van der Waals surface area contributed by atoms with Gasteiger partial charge in [0.25, 0.3) is 5.91 Å². The van der Waals surface area contributed by atoms with Gasteiger partial charge in [0.15, 0.2) is 17.6 Å². The van der Waals surface area contributed by atoms with Gasteiger partial charge < -0.3 is 19.7 Å². The Morgan fingerprint density at radius 3 is 2.85 bits per heavy atom. The summed E-state index contributed by atoms with van der Waals surface area (Å²) in [5.41, 5.74) is 0.221. The lowest BCUT2D eigenvalue weighted by molar-refractivity contribution is -0.144. The van der Waals surface area contributed by atoms with Crippen LogP contribution in [0.25, 0.3) is 0 Å². The zero-order valence-electron chi connectivity index (χ0n) is 11.3. The Morgan fingerprint density at radius 2 is 2.25 bits per heavy atom. The highest BCUT2D eigenvalue weighted by atomic mass is 16.5. The molecule has 2 rings (SSSR count).